The molecule has 1 aliphatic heterocycles. The molecular formula is C25H32N2O3. The van der Waals surface area contributed by atoms with Gasteiger partial charge in [0, 0.05) is 38.2 Å². The van der Waals surface area contributed by atoms with Gasteiger partial charge in [0.15, 0.2) is 0 Å². The summed E-state index contributed by atoms with van der Waals surface area (Å²) in [4.78, 5) is 29.1. The van der Waals surface area contributed by atoms with E-state index in [-0.39, 0.29) is 11.8 Å². The fourth-order valence-electron chi connectivity index (χ4n) is 3.80. The lowest BCUT2D eigenvalue weighted by Gasteiger charge is -2.35. The zero-order chi connectivity index (χ0) is 21.5. The van der Waals surface area contributed by atoms with Gasteiger partial charge in [-0.3, -0.25) is 9.59 Å². The van der Waals surface area contributed by atoms with Crippen molar-refractivity contribution in [3.63, 3.8) is 0 Å². The smallest absolute Gasteiger partial charge is 0.253 e. The minimum absolute atomic E-state index is 0.0522. The molecule has 0 unspecified atom stereocenters. The molecule has 1 saturated heterocycles. The van der Waals surface area contributed by atoms with Gasteiger partial charge in [-0.2, -0.15) is 0 Å². The molecule has 0 spiro atoms. The van der Waals surface area contributed by atoms with E-state index in [9.17, 15) is 9.59 Å². The first-order valence-electron chi connectivity index (χ1n) is 10.7. The van der Waals surface area contributed by atoms with E-state index in [4.69, 9.17) is 4.74 Å². The van der Waals surface area contributed by atoms with Gasteiger partial charge in [-0.15, -0.1) is 0 Å². The highest BCUT2D eigenvalue weighted by Crippen LogP contribution is 2.15. The Bertz CT molecular complexity index is 836. The molecule has 5 nitrogen and oxygen atoms in total. The fourth-order valence-corrected chi connectivity index (χ4v) is 3.80. The van der Waals surface area contributed by atoms with Crippen LogP contribution in [0, 0.1) is 5.92 Å². The zero-order valence-electron chi connectivity index (χ0n) is 18.3. The maximum atomic E-state index is 12.8. The van der Waals surface area contributed by atoms with E-state index in [1.165, 1.54) is 5.56 Å². The summed E-state index contributed by atoms with van der Waals surface area (Å²) in [5.74, 6) is 1.62. The van der Waals surface area contributed by atoms with Gasteiger partial charge in [0.25, 0.3) is 5.91 Å². The Morgan fingerprint density at radius 2 is 1.43 bits per heavy atom. The van der Waals surface area contributed by atoms with Gasteiger partial charge < -0.3 is 14.5 Å². The molecule has 0 aliphatic carbocycles. The van der Waals surface area contributed by atoms with Crippen LogP contribution < -0.4 is 4.74 Å². The number of carbonyl (C=O) groups is 2. The van der Waals surface area contributed by atoms with Gasteiger partial charge in [0.2, 0.25) is 5.91 Å². The highest BCUT2D eigenvalue weighted by Gasteiger charge is 2.24. The number of piperazine rings is 1. The molecule has 3 rings (SSSR count). The van der Waals surface area contributed by atoms with Crippen molar-refractivity contribution in [2.24, 2.45) is 5.92 Å². The molecule has 30 heavy (non-hydrogen) atoms. The van der Waals surface area contributed by atoms with Crippen LogP contribution in [0.15, 0.2) is 48.5 Å². The lowest BCUT2D eigenvalue weighted by Crippen LogP contribution is -2.50. The second kappa shape index (κ2) is 10.3. The van der Waals surface area contributed by atoms with Gasteiger partial charge in [0.1, 0.15) is 5.75 Å². The van der Waals surface area contributed by atoms with Crippen molar-refractivity contribution in [1.29, 1.82) is 0 Å². The van der Waals surface area contributed by atoms with E-state index in [1.54, 1.807) is 7.11 Å². The number of benzene rings is 2. The number of aryl methyl sites for hydroxylation is 1. The minimum Gasteiger partial charge on any atom is -0.497 e. The number of rotatable bonds is 7. The van der Waals surface area contributed by atoms with Crippen LogP contribution in [0.3, 0.4) is 0 Å². The third-order valence-electron chi connectivity index (χ3n) is 5.55. The molecule has 1 fully saturated rings. The molecule has 1 heterocycles. The highest BCUT2D eigenvalue weighted by molar-refractivity contribution is 5.94. The van der Waals surface area contributed by atoms with Gasteiger partial charge in [-0.25, -0.2) is 0 Å². The lowest BCUT2D eigenvalue weighted by atomic mass is 10.0. The Balaban J connectivity index is 1.46. The lowest BCUT2D eigenvalue weighted by molar-refractivity contribution is -0.132. The Morgan fingerprint density at radius 1 is 0.867 bits per heavy atom. The SMILES string of the molecule is COc1ccc(CCC(=O)N2CCN(C(=O)c3ccc(CC(C)C)cc3)CC2)cc1. The van der Waals surface area contributed by atoms with E-state index in [2.05, 4.69) is 13.8 Å². The maximum Gasteiger partial charge on any atom is 0.253 e. The molecule has 160 valence electrons. The molecule has 1 aliphatic rings. The third kappa shape index (κ3) is 5.85. The molecule has 5 heteroatoms. The predicted octanol–water partition coefficient (Wildman–Crippen LogP) is 3.81. The number of amides is 2. The van der Waals surface area contributed by atoms with Gasteiger partial charge in [-0.05, 0) is 54.2 Å². The summed E-state index contributed by atoms with van der Waals surface area (Å²) in [6.07, 6.45) is 2.22. The van der Waals surface area contributed by atoms with Crippen molar-refractivity contribution in [3.8, 4) is 5.75 Å². The minimum atomic E-state index is 0.0522. The molecule has 0 radical (unpaired) electrons. The van der Waals surface area contributed by atoms with Gasteiger partial charge in [-0.1, -0.05) is 38.1 Å². The van der Waals surface area contributed by atoms with E-state index in [0.717, 1.165) is 23.3 Å². The number of carbonyl (C=O) groups excluding carboxylic acids is 2. The number of nitrogens with zero attached hydrogens (tertiary/aromatic N) is 2. The first-order chi connectivity index (χ1) is 14.5. The normalized spacial score (nSPS) is 14.1. The Kier molecular flexibility index (Phi) is 7.50. The number of ether oxygens (including phenoxy) is 1. The average Bonchev–Trinajstić information content (AvgIpc) is 2.77. The van der Waals surface area contributed by atoms with Crippen LogP contribution in [0.1, 0.15) is 41.8 Å². The second-order valence-corrected chi connectivity index (χ2v) is 8.32. The summed E-state index contributed by atoms with van der Waals surface area (Å²) < 4.78 is 5.16. The van der Waals surface area contributed by atoms with E-state index in [0.29, 0.717) is 44.9 Å². The number of methoxy groups -OCH3 is 1. The summed E-state index contributed by atoms with van der Waals surface area (Å²) >= 11 is 0. The van der Waals surface area contributed by atoms with Gasteiger partial charge in [0.05, 0.1) is 7.11 Å². The summed E-state index contributed by atoms with van der Waals surface area (Å²) in [5.41, 5.74) is 3.11. The molecule has 2 aromatic carbocycles. The maximum absolute atomic E-state index is 12.8. The van der Waals surface area contributed by atoms with Crippen LogP contribution in [-0.4, -0.2) is 54.9 Å². The van der Waals surface area contributed by atoms with E-state index >= 15 is 0 Å². The summed E-state index contributed by atoms with van der Waals surface area (Å²) in [6, 6.07) is 15.8. The molecule has 0 atom stereocenters. The average molecular weight is 409 g/mol. The fraction of sp³-hybridized carbons (Fsp3) is 0.440. The first-order valence-corrected chi connectivity index (χ1v) is 10.7. The van der Waals surface area contributed by atoms with Crippen LogP contribution in [0.4, 0.5) is 0 Å². The molecule has 0 aromatic heterocycles. The van der Waals surface area contributed by atoms with Crippen molar-refractivity contribution < 1.29 is 14.3 Å². The molecular weight excluding hydrogens is 376 g/mol. The summed E-state index contributed by atoms with van der Waals surface area (Å²) in [7, 11) is 1.64. The largest absolute Gasteiger partial charge is 0.497 e. The van der Waals surface area contributed by atoms with E-state index < -0.39 is 0 Å². The van der Waals surface area contributed by atoms with Crippen LogP contribution in [0.2, 0.25) is 0 Å². The van der Waals surface area contributed by atoms with E-state index in [1.807, 2.05) is 58.3 Å². The Labute approximate surface area is 179 Å². The molecule has 2 amide bonds. The Morgan fingerprint density at radius 3 is 2.00 bits per heavy atom. The predicted molar refractivity (Wildman–Crippen MR) is 119 cm³/mol. The third-order valence-corrected chi connectivity index (χ3v) is 5.55. The quantitative estimate of drug-likeness (QED) is 0.700. The zero-order valence-corrected chi connectivity index (χ0v) is 18.3. The molecule has 2 aromatic rings. The Hall–Kier alpha value is -2.82. The monoisotopic (exact) mass is 408 g/mol. The molecule has 0 bridgehead atoms. The van der Waals surface area contributed by atoms with Crippen molar-refractivity contribution in [2.45, 2.75) is 33.1 Å². The summed E-state index contributed by atoms with van der Waals surface area (Å²) in [6.45, 7) is 6.74. The molecule has 0 N–H and O–H groups in total. The van der Waals surface area contributed by atoms with Crippen LogP contribution >= 0.6 is 0 Å². The topological polar surface area (TPSA) is 49.9 Å². The van der Waals surface area contributed by atoms with Crippen LogP contribution in [0.25, 0.3) is 0 Å². The van der Waals surface area contributed by atoms with Crippen LogP contribution in [0.5, 0.6) is 5.75 Å². The summed E-state index contributed by atoms with van der Waals surface area (Å²) in [5, 5.41) is 0. The van der Waals surface area contributed by atoms with Crippen LogP contribution in [-0.2, 0) is 17.6 Å². The standard InChI is InChI=1S/C25H32N2O3/c1-19(2)18-21-4-9-22(10-5-21)25(29)27-16-14-26(15-17-27)24(28)13-8-20-6-11-23(30-3)12-7-20/h4-7,9-12,19H,8,13-18H2,1-3H3. The first kappa shape index (κ1) is 21.9. The highest BCUT2D eigenvalue weighted by atomic mass is 16.5. The van der Waals surface area contributed by atoms with Crippen molar-refractivity contribution in [3.05, 3.63) is 65.2 Å². The number of hydrogen-bond donors (Lipinski definition) is 0. The van der Waals surface area contributed by atoms with Crippen molar-refractivity contribution in [2.75, 3.05) is 33.3 Å². The van der Waals surface area contributed by atoms with Gasteiger partial charge >= 0.3 is 0 Å². The number of hydrogen-bond acceptors (Lipinski definition) is 3. The van der Waals surface area contributed by atoms with Crippen molar-refractivity contribution >= 4 is 11.8 Å². The van der Waals surface area contributed by atoms with Crippen molar-refractivity contribution in [1.82, 2.24) is 9.80 Å². The second-order valence-electron chi connectivity index (χ2n) is 8.32. The molecule has 0 saturated carbocycles.